The number of amides is 1. The summed E-state index contributed by atoms with van der Waals surface area (Å²) in [6, 6.07) is -0.701. The Labute approximate surface area is 83.8 Å². The molecular formula is C9H17NO4. The lowest BCUT2D eigenvalue weighted by Crippen LogP contribution is -2.44. The molecule has 1 N–H and O–H groups in total. The molecule has 82 valence electrons. The van der Waals surface area contributed by atoms with Crippen LogP contribution in [0.1, 0.15) is 20.8 Å². The van der Waals surface area contributed by atoms with Crippen molar-refractivity contribution in [2.24, 2.45) is 0 Å². The molecule has 0 aliphatic heterocycles. The third-order valence-corrected chi connectivity index (χ3v) is 1.44. The van der Waals surface area contributed by atoms with E-state index in [0.29, 0.717) is 13.2 Å². The lowest BCUT2D eigenvalue weighted by Gasteiger charge is -2.15. The zero-order chi connectivity index (χ0) is 11.0. The van der Waals surface area contributed by atoms with Gasteiger partial charge in [-0.15, -0.1) is 0 Å². The third kappa shape index (κ3) is 5.53. The van der Waals surface area contributed by atoms with Crippen LogP contribution in [0.3, 0.4) is 0 Å². The van der Waals surface area contributed by atoms with Gasteiger partial charge in [-0.05, 0) is 13.8 Å². The van der Waals surface area contributed by atoms with Crippen molar-refractivity contribution in [3.05, 3.63) is 0 Å². The highest BCUT2D eigenvalue weighted by Crippen LogP contribution is 1.91. The van der Waals surface area contributed by atoms with Crippen molar-refractivity contribution in [1.29, 1.82) is 0 Å². The van der Waals surface area contributed by atoms with Gasteiger partial charge in [-0.25, -0.2) is 4.79 Å². The Balaban J connectivity index is 4.08. The number of hydrogen-bond donors (Lipinski definition) is 1. The normalized spacial score (nSPS) is 11.9. The average molecular weight is 203 g/mol. The molecule has 1 atom stereocenters. The van der Waals surface area contributed by atoms with Crippen molar-refractivity contribution in [2.45, 2.75) is 26.8 Å². The predicted molar refractivity (Wildman–Crippen MR) is 50.7 cm³/mol. The summed E-state index contributed by atoms with van der Waals surface area (Å²) in [5.41, 5.74) is 0. The summed E-state index contributed by atoms with van der Waals surface area (Å²) in [5.74, 6) is -0.737. The van der Waals surface area contributed by atoms with E-state index in [9.17, 15) is 9.59 Å². The van der Waals surface area contributed by atoms with Crippen LogP contribution in [-0.4, -0.2) is 37.7 Å². The summed E-state index contributed by atoms with van der Waals surface area (Å²) >= 11 is 0. The maximum atomic E-state index is 11.3. The van der Waals surface area contributed by atoms with Gasteiger partial charge in [-0.3, -0.25) is 4.79 Å². The molecule has 0 heterocycles. The number of hydrogen-bond acceptors (Lipinski definition) is 4. The van der Waals surface area contributed by atoms with Gasteiger partial charge in [-0.2, -0.15) is 0 Å². The van der Waals surface area contributed by atoms with Gasteiger partial charge in [0.15, 0.2) is 6.04 Å². The van der Waals surface area contributed by atoms with E-state index < -0.39 is 12.0 Å². The Morgan fingerprint density at radius 3 is 2.36 bits per heavy atom. The highest BCUT2D eigenvalue weighted by molar-refractivity contribution is 5.83. The van der Waals surface area contributed by atoms with E-state index >= 15 is 0 Å². The van der Waals surface area contributed by atoms with E-state index in [-0.39, 0.29) is 12.5 Å². The average Bonchev–Trinajstić information content (AvgIpc) is 2.12. The second-order valence-electron chi connectivity index (χ2n) is 2.66. The fourth-order valence-corrected chi connectivity index (χ4v) is 0.893. The fraction of sp³-hybridized carbons (Fsp3) is 0.778. The zero-order valence-corrected chi connectivity index (χ0v) is 8.83. The first-order valence-corrected chi connectivity index (χ1v) is 4.63. The Bertz CT molecular complexity index is 193. The second-order valence-corrected chi connectivity index (χ2v) is 2.66. The predicted octanol–water partition coefficient (Wildman–Crippen LogP) is 0.0907. The van der Waals surface area contributed by atoms with Crippen LogP contribution in [0.15, 0.2) is 0 Å². The van der Waals surface area contributed by atoms with E-state index in [0.717, 1.165) is 0 Å². The smallest absolute Gasteiger partial charge is 0.331 e. The largest absolute Gasteiger partial charge is 0.464 e. The minimum Gasteiger partial charge on any atom is -0.464 e. The summed E-state index contributed by atoms with van der Waals surface area (Å²) in [7, 11) is 0. The molecule has 0 saturated carbocycles. The molecular weight excluding hydrogens is 186 g/mol. The van der Waals surface area contributed by atoms with Crippen molar-refractivity contribution in [3.63, 3.8) is 0 Å². The van der Waals surface area contributed by atoms with Crippen LogP contribution < -0.4 is 5.32 Å². The van der Waals surface area contributed by atoms with Crippen molar-refractivity contribution in [3.8, 4) is 0 Å². The van der Waals surface area contributed by atoms with Crippen molar-refractivity contribution < 1.29 is 19.1 Å². The Morgan fingerprint density at radius 2 is 1.93 bits per heavy atom. The third-order valence-electron chi connectivity index (χ3n) is 1.44. The minimum atomic E-state index is -0.701. The molecule has 0 aliphatic carbocycles. The van der Waals surface area contributed by atoms with Crippen LogP contribution in [0.5, 0.6) is 0 Å². The fourth-order valence-electron chi connectivity index (χ4n) is 0.893. The first kappa shape index (κ1) is 12.9. The summed E-state index contributed by atoms with van der Waals surface area (Å²) < 4.78 is 9.82. The molecule has 0 radical (unpaired) electrons. The molecule has 5 heteroatoms. The molecule has 5 nitrogen and oxygen atoms in total. The van der Waals surface area contributed by atoms with Gasteiger partial charge in [-0.1, -0.05) is 0 Å². The van der Waals surface area contributed by atoms with E-state index in [1.165, 1.54) is 6.92 Å². The molecule has 0 rings (SSSR count). The Kier molecular flexibility index (Phi) is 6.74. The summed E-state index contributed by atoms with van der Waals surface area (Å²) in [4.78, 5) is 22.0. The van der Waals surface area contributed by atoms with E-state index in [4.69, 9.17) is 9.47 Å². The highest BCUT2D eigenvalue weighted by Gasteiger charge is 2.20. The molecule has 0 aromatic carbocycles. The molecule has 14 heavy (non-hydrogen) atoms. The molecule has 0 aromatic rings. The van der Waals surface area contributed by atoms with Crippen LogP contribution in [0.25, 0.3) is 0 Å². The Morgan fingerprint density at radius 1 is 1.29 bits per heavy atom. The van der Waals surface area contributed by atoms with Crippen LogP contribution in [0.4, 0.5) is 0 Å². The van der Waals surface area contributed by atoms with Gasteiger partial charge in [0.05, 0.1) is 13.2 Å². The van der Waals surface area contributed by atoms with Crippen molar-refractivity contribution in [1.82, 2.24) is 5.32 Å². The molecule has 0 aliphatic rings. The van der Waals surface area contributed by atoms with Gasteiger partial charge in [0, 0.05) is 13.5 Å². The summed E-state index contributed by atoms with van der Waals surface area (Å²) in [6.07, 6.45) is 0. The van der Waals surface area contributed by atoms with E-state index in [2.05, 4.69) is 5.32 Å². The quantitative estimate of drug-likeness (QED) is 0.621. The lowest BCUT2D eigenvalue weighted by atomic mass is 10.3. The van der Waals surface area contributed by atoms with Crippen molar-refractivity contribution >= 4 is 11.9 Å². The topological polar surface area (TPSA) is 64.6 Å². The lowest BCUT2D eigenvalue weighted by molar-refractivity contribution is -0.149. The number of nitrogens with one attached hydrogen (secondary N) is 1. The number of carbonyl (C=O) groups excluding carboxylic acids is 2. The SMILES string of the molecule is CCOC[C@@H](NC(C)=O)C(=O)OCC. The van der Waals surface area contributed by atoms with Crippen LogP contribution in [-0.2, 0) is 19.1 Å². The van der Waals surface area contributed by atoms with Crippen LogP contribution >= 0.6 is 0 Å². The van der Waals surface area contributed by atoms with Gasteiger partial charge >= 0.3 is 5.97 Å². The van der Waals surface area contributed by atoms with E-state index in [1.807, 2.05) is 6.92 Å². The zero-order valence-electron chi connectivity index (χ0n) is 8.83. The monoisotopic (exact) mass is 203 g/mol. The molecule has 0 unspecified atom stereocenters. The van der Waals surface area contributed by atoms with Crippen LogP contribution in [0.2, 0.25) is 0 Å². The molecule has 0 spiro atoms. The summed E-state index contributed by atoms with van der Waals surface area (Å²) in [5, 5.41) is 2.46. The first-order valence-electron chi connectivity index (χ1n) is 4.63. The van der Waals surface area contributed by atoms with Gasteiger partial charge in [0.1, 0.15) is 0 Å². The first-order chi connectivity index (χ1) is 6.61. The second kappa shape index (κ2) is 7.32. The molecule has 1 amide bonds. The van der Waals surface area contributed by atoms with Crippen LogP contribution in [0, 0.1) is 0 Å². The van der Waals surface area contributed by atoms with Gasteiger partial charge in [0.25, 0.3) is 0 Å². The van der Waals surface area contributed by atoms with Gasteiger partial charge in [0.2, 0.25) is 5.91 Å². The maximum Gasteiger partial charge on any atom is 0.331 e. The summed E-state index contributed by atoms with van der Waals surface area (Å²) in [6.45, 7) is 5.81. The van der Waals surface area contributed by atoms with E-state index in [1.54, 1.807) is 6.92 Å². The van der Waals surface area contributed by atoms with Gasteiger partial charge < -0.3 is 14.8 Å². The molecule has 0 fully saturated rings. The maximum absolute atomic E-state index is 11.3. The molecule has 0 bridgehead atoms. The number of carbonyl (C=O) groups is 2. The molecule has 0 saturated heterocycles. The number of ether oxygens (including phenoxy) is 2. The standard InChI is InChI=1S/C9H17NO4/c1-4-13-6-8(10-7(3)11)9(12)14-5-2/h8H,4-6H2,1-3H3,(H,10,11)/t8-/m1/s1. The van der Waals surface area contributed by atoms with Crippen molar-refractivity contribution in [2.75, 3.05) is 19.8 Å². The number of rotatable bonds is 6. The minimum absolute atomic E-state index is 0.148. The highest BCUT2D eigenvalue weighted by atomic mass is 16.5. The molecule has 0 aromatic heterocycles. The number of esters is 1. The Hall–Kier alpha value is -1.10.